The molecule has 7 nitrogen and oxygen atoms in total. The SMILES string of the molecule is CN(Cc1csc(NC(=O)OC(C)(C)C)n1)C(=O)[C@H]1CCCO1. The molecule has 0 bridgehead atoms. The zero-order valence-corrected chi connectivity index (χ0v) is 14.7. The molecule has 0 saturated carbocycles. The van der Waals surface area contributed by atoms with Gasteiger partial charge in [0.1, 0.15) is 11.7 Å². The number of thiazole rings is 1. The predicted molar refractivity (Wildman–Crippen MR) is 87.4 cm³/mol. The molecule has 2 amide bonds. The molecule has 23 heavy (non-hydrogen) atoms. The van der Waals surface area contributed by atoms with Crippen LogP contribution in [0.15, 0.2) is 5.38 Å². The van der Waals surface area contributed by atoms with E-state index in [-0.39, 0.29) is 12.0 Å². The molecule has 0 aliphatic carbocycles. The lowest BCUT2D eigenvalue weighted by atomic mass is 10.2. The average Bonchev–Trinajstić information content (AvgIpc) is 3.07. The smallest absolute Gasteiger partial charge is 0.413 e. The maximum absolute atomic E-state index is 12.2. The van der Waals surface area contributed by atoms with Gasteiger partial charge in [0.25, 0.3) is 5.91 Å². The van der Waals surface area contributed by atoms with Gasteiger partial charge >= 0.3 is 6.09 Å². The number of hydrogen-bond acceptors (Lipinski definition) is 6. The van der Waals surface area contributed by atoms with Crippen molar-refractivity contribution in [1.82, 2.24) is 9.88 Å². The highest BCUT2D eigenvalue weighted by Crippen LogP contribution is 2.19. The molecule has 8 heteroatoms. The normalized spacial score (nSPS) is 17.8. The van der Waals surface area contributed by atoms with Crippen molar-refractivity contribution in [1.29, 1.82) is 0 Å². The number of amides is 2. The van der Waals surface area contributed by atoms with E-state index in [9.17, 15) is 9.59 Å². The fourth-order valence-electron chi connectivity index (χ4n) is 2.17. The van der Waals surface area contributed by atoms with E-state index in [1.807, 2.05) is 5.38 Å². The number of nitrogens with zero attached hydrogens (tertiary/aromatic N) is 2. The zero-order valence-electron chi connectivity index (χ0n) is 13.9. The fraction of sp³-hybridized carbons (Fsp3) is 0.667. The topological polar surface area (TPSA) is 80.8 Å². The van der Waals surface area contributed by atoms with Gasteiger partial charge in [-0.15, -0.1) is 11.3 Å². The molecule has 0 aromatic carbocycles. The third-order valence-electron chi connectivity index (χ3n) is 3.14. The van der Waals surface area contributed by atoms with Crippen LogP contribution in [0.4, 0.5) is 9.93 Å². The second-order valence-electron chi connectivity index (χ2n) is 6.47. The highest BCUT2D eigenvalue weighted by Gasteiger charge is 2.26. The number of ether oxygens (including phenoxy) is 2. The number of carbonyl (C=O) groups excluding carboxylic acids is 2. The van der Waals surface area contributed by atoms with Gasteiger partial charge in [0.05, 0.1) is 12.2 Å². The molecule has 1 N–H and O–H groups in total. The van der Waals surface area contributed by atoms with Crippen LogP contribution < -0.4 is 5.32 Å². The van der Waals surface area contributed by atoms with Gasteiger partial charge in [-0.25, -0.2) is 9.78 Å². The van der Waals surface area contributed by atoms with Gasteiger partial charge < -0.3 is 14.4 Å². The number of rotatable bonds is 4. The summed E-state index contributed by atoms with van der Waals surface area (Å²) in [5, 5.41) is 4.86. The van der Waals surface area contributed by atoms with E-state index >= 15 is 0 Å². The van der Waals surface area contributed by atoms with Crippen LogP contribution in [-0.2, 0) is 20.8 Å². The van der Waals surface area contributed by atoms with Crippen molar-refractivity contribution in [3.05, 3.63) is 11.1 Å². The second kappa shape index (κ2) is 7.27. The monoisotopic (exact) mass is 341 g/mol. The summed E-state index contributed by atoms with van der Waals surface area (Å²) in [4.78, 5) is 29.8. The molecule has 1 aromatic rings. The van der Waals surface area contributed by atoms with Gasteiger partial charge in [0.2, 0.25) is 0 Å². The molecule has 1 aromatic heterocycles. The highest BCUT2D eigenvalue weighted by molar-refractivity contribution is 7.13. The number of carbonyl (C=O) groups is 2. The van der Waals surface area contributed by atoms with Crippen molar-refractivity contribution in [2.75, 3.05) is 19.0 Å². The van der Waals surface area contributed by atoms with Crippen molar-refractivity contribution in [2.45, 2.75) is 51.9 Å². The summed E-state index contributed by atoms with van der Waals surface area (Å²) in [5.74, 6) is -0.0304. The number of aromatic nitrogens is 1. The number of nitrogens with one attached hydrogen (secondary N) is 1. The Hall–Kier alpha value is -1.67. The first-order valence-electron chi connectivity index (χ1n) is 7.55. The van der Waals surface area contributed by atoms with E-state index in [1.165, 1.54) is 11.3 Å². The van der Waals surface area contributed by atoms with Crippen molar-refractivity contribution < 1.29 is 19.1 Å². The lowest BCUT2D eigenvalue weighted by Crippen LogP contribution is -2.35. The lowest BCUT2D eigenvalue weighted by Gasteiger charge is -2.19. The average molecular weight is 341 g/mol. The first-order chi connectivity index (χ1) is 10.7. The zero-order chi connectivity index (χ0) is 17.0. The summed E-state index contributed by atoms with van der Waals surface area (Å²) in [6.45, 7) is 6.42. The fourth-order valence-corrected chi connectivity index (χ4v) is 2.85. The van der Waals surface area contributed by atoms with Crippen molar-refractivity contribution in [3.63, 3.8) is 0 Å². The Balaban J connectivity index is 1.86. The van der Waals surface area contributed by atoms with E-state index < -0.39 is 11.7 Å². The van der Waals surface area contributed by atoms with Gasteiger partial charge in [0.15, 0.2) is 5.13 Å². The van der Waals surface area contributed by atoms with Gasteiger partial charge in [-0.3, -0.25) is 10.1 Å². The van der Waals surface area contributed by atoms with Crippen LogP contribution >= 0.6 is 11.3 Å². The Morgan fingerprint density at radius 1 is 1.52 bits per heavy atom. The summed E-state index contributed by atoms with van der Waals surface area (Å²) in [7, 11) is 1.73. The third-order valence-corrected chi connectivity index (χ3v) is 3.95. The first kappa shape index (κ1) is 17.7. The number of likely N-dealkylation sites (N-methyl/N-ethyl adjacent to an activating group) is 1. The molecule has 1 aliphatic heterocycles. The molecule has 128 valence electrons. The minimum Gasteiger partial charge on any atom is -0.444 e. The largest absolute Gasteiger partial charge is 0.444 e. The Morgan fingerprint density at radius 2 is 2.26 bits per heavy atom. The van der Waals surface area contributed by atoms with Gasteiger partial charge in [0, 0.05) is 19.0 Å². The maximum Gasteiger partial charge on any atom is 0.413 e. The summed E-state index contributed by atoms with van der Waals surface area (Å²) in [6.07, 6.45) is 0.816. The third kappa shape index (κ3) is 5.47. The molecule has 0 unspecified atom stereocenters. The second-order valence-corrected chi connectivity index (χ2v) is 7.32. The number of anilines is 1. The molecular formula is C15H23N3O4S. The maximum atomic E-state index is 12.2. The van der Waals surface area contributed by atoms with Gasteiger partial charge in [-0.1, -0.05) is 0 Å². The van der Waals surface area contributed by atoms with Crippen molar-refractivity contribution in [2.24, 2.45) is 0 Å². The van der Waals surface area contributed by atoms with Gasteiger partial charge in [-0.05, 0) is 33.6 Å². The molecule has 1 aliphatic rings. The Kier molecular flexibility index (Phi) is 5.59. The Labute approximate surface area is 140 Å². The van der Waals surface area contributed by atoms with Crippen LogP contribution in [0.2, 0.25) is 0 Å². The van der Waals surface area contributed by atoms with E-state index in [1.54, 1.807) is 32.7 Å². The van der Waals surface area contributed by atoms with E-state index in [4.69, 9.17) is 9.47 Å². The summed E-state index contributed by atoms with van der Waals surface area (Å²) >= 11 is 1.30. The standard InChI is InChI=1S/C15H23N3O4S/c1-15(2,3)22-14(20)17-13-16-10(9-23-13)8-18(4)12(19)11-6-5-7-21-11/h9,11H,5-8H2,1-4H3,(H,16,17,20)/t11-/m1/s1. The van der Waals surface area contributed by atoms with Crippen molar-refractivity contribution in [3.8, 4) is 0 Å². The summed E-state index contributed by atoms with van der Waals surface area (Å²) < 4.78 is 10.6. The van der Waals surface area contributed by atoms with Crippen LogP contribution in [0, 0.1) is 0 Å². The van der Waals surface area contributed by atoms with Crippen LogP contribution in [0.1, 0.15) is 39.3 Å². The minimum atomic E-state index is -0.557. The van der Waals surface area contributed by atoms with Gasteiger partial charge in [-0.2, -0.15) is 0 Å². The van der Waals surface area contributed by atoms with Crippen LogP contribution in [-0.4, -0.2) is 47.2 Å². The molecule has 1 fully saturated rings. The highest BCUT2D eigenvalue weighted by atomic mass is 32.1. The van der Waals surface area contributed by atoms with E-state index in [2.05, 4.69) is 10.3 Å². The summed E-state index contributed by atoms with van der Waals surface area (Å²) in [6, 6.07) is 0. The lowest BCUT2D eigenvalue weighted by molar-refractivity contribution is -0.140. The van der Waals surface area contributed by atoms with E-state index in [0.717, 1.165) is 18.5 Å². The van der Waals surface area contributed by atoms with Crippen LogP contribution in [0.5, 0.6) is 0 Å². The summed E-state index contributed by atoms with van der Waals surface area (Å²) in [5.41, 5.74) is 0.160. The van der Waals surface area contributed by atoms with Crippen LogP contribution in [0.25, 0.3) is 0 Å². The molecule has 0 radical (unpaired) electrons. The molecule has 0 spiro atoms. The Morgan fingerprint density at radius 3 is 2.87 bits per heavy atom. The first-order valence-corrected chi connectivity index (χ1v) is 8.43. The van der Waals surface area contributed by atoms with Crippen molar-refractivity contribution >= 4 is 28.5 Å². The van der Waals surface area contributed by atoms with Crippen LogP contribution in [0.3, 0.4) is 0 Å². The number of hydrogen-bond donors (Lipinski definition) is 1. The Bertz CT molecular complexity index is 561. The molecule has 1 saturated heterocycles. The molecule has 2 rings (SSSR count). The molecule has 1 atom stereocenters. The predicted octanol–water partition coefficient (Wildman–Crippen LogP) is 2.63. The minimum absolute atomic E-state index is 0.0304. The molecule has 2 heterocycles. The molecular weight excluding hydrogens is 318 g/mol. The van der Waals surface area contributed by atoms with E-state index in [0.29, 0.717) is 18.3 Å². The quantitative estimate of drug-likeness (QED) is 0.910.